The highest BCUT2D eigenvalue weighted by Crippen LogP contribution is 2.28. The SMILES string of the molecule is Brc1ccsc1CNC1CCN2CCCCC12. The summed E-state index contributed by atoms with van der Waals surface area (Å²) >= 11 is 5.44. The molecule has 1 aromatic rings. The summed E-state index contributed by atoms with van der Waals surface area (Å²) in [7, 11) is 0. The van der Waals surface area contributed by atoms with Crippen molar-refractivity contribution in [1.29, 1.82) is 0 Å². The third kappa shape index (κ3) is 2.60. The third-order valence-corrected chi connectivity index (χ3v) is 6.00. The van der Waals surface area contributed by atoms with Crippen molar-refractivity contribution >= 4 is 27.3 Å². The Morgan fingerprint density at radius 3 is 3.12 bits per heavy atom. The van der Waals surface area contributed by atoms with Crippen molar-refractivity contribution in [3.05, 3.63) is 20.8 Å². The van der Waals surface area contributed by atoms with E-state index in [1.807, 2.05) is 11.3 Å². The van der Waals surface area contributed by atoms with Gasteiger partial charge < -0.3 is 5.32 Å². The highest BCUT2D eigenvalue weighted by atomic mass is 79.9. The fourth-order valence-electron chi connectivity index (χ4n) is 3.16. The van der Waals surface area contributed by atoms with Gasteiger partial charge in [-0.25, -0.2) is 0 Å². The molecule has 0 amide bonds. The molecule has 0 aliphatic carbocycles. The molecule has 1 aromatic heterocycles. The lowest BCUT2D eigenvalue weighted by atomic mass is 9.99. The zero-order valence-electron chi connectivity index (χ0n) is 9.99. The molecule has 2 atom stereocenters. The molecule has 0 spiro atoms. The van der Waals surface area contributed by atoms with E-state index in [1.54, 1.807) is 0 Å². The average Bonchev–Trinajstić information content (AvgIpc) is 2.93. The molecule has 2 aliphatic rings. The number of piperidine rings is 1. The summed E-state index contributed by atoms with van der Waals surface area (Å²) < 4.78 is 1.26. The van der Waals surface area contributed by atoms with Crippen molar-refractivity contribution in [3.8, 4) is 0 Å². The normalized spacial score (nSPS) is 29.5. The first kappa shape index (κ1) is 12.2. The van der Waals surface area contributed by atoms with E-state index in [4.69, 9.17) is 0 Å². The van der Waals surface area contributed by atoms with Crippen molar-refractivity contribution < 1.29 is 0 Å². The van der Waals surface area contributed by atoms with Gasteiger partial charge in [-0.15, -0.1) is 11.3 Å². The second-order valence-corrected chi connectivity index (χ2v) is 6.92. The van der Waals surface area contributed by atoms with Crippen molar-refractivity contribution in [2.24, 2.45) is 0 Å². The number of rotatable bonds is 3. The maximum absolute atomic E-state index is 3.76. The molecule has 0 radical (unpaired) electrons. The van der Waals surface area contributed by atoms with Gasteiger partial charge in [0.1, 0.15) is 0 Å². The fraction of sp³-hybridized carbons (Fsp3) is 0.692. The molecule has 2 nitrogen and oxygen atoms in total. The molecule has 4 heteroatoms. The van der Waals surface area contributed by atoms with Crippen LogP contribution in [-0.2, 0) is 6.54 Å². The van der Waals surface area contributed by atoms with Gasteiger partial charge in [-0.3, -0.25) is 4.90 Å². The molecule has 3 heterocycles. The highest BCUT2D eigenvalue weighted by molar-refractivity contribution is 9.10. The van der Waals surface area contributed by atoms with Crippen molar-refractivity contribution in [1.82, 2.24) is 10.2 Å². The first-order valence-electron chi connectivity index (χ1n) is 6.54. The number of nitrogens with zero attached hydrogens (tertiary/aromatic N) is 1. The van der Waals surface area contributed by atoms with Gasteiger partial charge in [0.15, 0.2) is 0 Å². The summed E-state index contributed by atoms with van der Waals surface area (Å²) in [5, 5.41) is 5.92. The first-order valence-corrected chi connectivity index (χ1v) is 8.21. The van der Waals surface area contributed by atoms with E-state index in [0.29, 0.717) is 6.04 Å². The summed E-state index contributed by atoms with van der Waals surface area (Å²) in [5.41, 5.74) is 0. The molecule has 2 aliphatic heterocycles. The Hall–Kier alpha value is 0.1000. The Labute approximate surface area is 116 Å². The monoisotopic (exact) mass is 314 g/mol. The predicted molar refractivity (Wildman–Crippen MR) is 76.5 cm³/mol. The second kappa shape index (κ2) is 5.39. The van der Waals surface area contributed by atoms with E-state index in [9.17, 15) is 0 Å². The average molecular weight is 315 g/mol. The highest BCUT2D eigenvalue weighted by Gasteiger charge is 2.34. The number of fused-ring (bicyclic) bond motifs is 1. The molecular weight excluding hydrogens is 296 g/mol. The summed E-state index contributed by atoms with van der Waals surface area (Å²) in [6, 6.07) is 3.66. The quantitative estimate of drug-likeness (QED) is 0.921. The maximum Gasteiger partial charge on any atom is 0.0327 e. The number of hydrogen-bond donors (Lipinski definition) is 1. The van der Waals surface area contributed by atoms with Crippen LogP contribution in [0.3, 0.4) is 0 Å². The molecule has 3 rings (SSSR count). The zero-order chi connectivity index (χ0) is 11.7. The molecule has 0 bridgehead atoms. The zero-order valence-corrected chi connectivity index (χ0v) is 12.4. The van der Waals surface area contributed by atoms with Gasteiger partial charge in [0.25, 0.3) is 0 Å². The summed E-state index contributed by atoms with van der Waals surface area (Å²) in [6.45, 7) is 3.65. The lowest BCUT2D eigenvalue weighted by Crippen LogP contribution is -2.44. The van der Waals surface area contributed by atoms with Crippen LogP contribution in [0, 0.1) is 0 Å². The third-order valence-electron chi connectivity index (χ3n) is 4.07. The molecule has 0 saturated carbocycles. The Morgan fingerprint density at radius 1 is 1.35 bits per heavy atom. The maximum atomic E-state index is 3.76. The van der Waals surface area contributed by atoms with Gasteiger partial charge in [0, 0.05) is 34.5 Å². The molecule has 2 unspecified atom stereocenters. The number of hydrogen-bond acceptors (Lipinski definition) is 3. The minimum atomic E-state index is 0.712. The smallest absolute Gasteiger partial charge is 0.0327 e. The molecular formula is C13H19BrN2S. The Kier molecular flexibility index (Phi) is 3.85. The predicted octanol–water partition coefficient (Wildman–Crippen LogP) is 3.23. The van der Waals surface area contributed by atoms with E-state index >= 15 is 0 Å². The van der Waals surface area contributed by atoms with Crippen LogP contribution >= 0.6 is 27.3 Å². The summed E-state index contributed by atoms with van der Waals surface area (Å²) in [5.74, 6) is 0. The number of nitrogens with one attached hydrogen (secondary N) is 1. The summed E-state index contributed by atoms with van der Waals surface area (Å²) in [6.07, 6.45) is 5.54. The van der Waals surface area contributed by atoms with Crippen LogP contribution < -0.4 is 5.32 Å². The lowest BCUT2D eigenvalue weighted by molar-refractivity contribution is 0.180. The van der Waals surface area contributed by atoms with Crippen LogP contribution in [0.2, 0.25) is 0 Å². The Morgan fingerprint density at radius 2 is 2.29 bits per heavy atom. The van der Waals surface area contributed by atoms with Crippen LogP contribution in [0.5, 0.6) is 0 Å². The van der Waals surface area contributed by atoms with Gasteiger partial charge in [0.05, 0.1) is 0 Å². The van der Waals surface area contributed by atoms with Crippen LogP contribution in [0.4, 0.5) is 0 Å². The number of thiophene rings is 1. The summed E-state index contributed by atoms with van der Waals surface area (Å²) in [4.78, 5) is 4.12. The Balaban J connectivity index is 1.57. The Bertz CT molecular complexity index is 379. The van der Waals surface area contributed by atoms with Gasteiger partial charge >= 0.3 is 0 Å². The van der Waals surface area contributed by atoms with E-state index in [1.165, 1.54) is 48.1 Å². The molecule has 2 fully saturated rings. The van der Waals surface area contributed by atoms with Gasteiger partial charge in [-0.05, 0) is 53.2 Å². The van der Waals surface area contributed by atoms with E-state index in [2.05, 4.69) is 37.6 Å². The molecule has 17 heavy (non-hydrogen) atoms. The van der Waals surface area contributed by atoms with Crippen molar-refractivity contribution in [2.75, 3.05) is 13.1 Å². The van der Waals surface area contributed by atoms with Gasteiger partial charge in [-0.1, -0.05) is 6.42 Å². The van der Waals surface area contributed by atoms with E-state index < -0.39 is 0 Å². The van der Waals surface area contributed by atoms with Crippen molar-refractivity contribution in [2.45, 2.75) is 44.3 Å². The van der Waals surface area contributed by atoms with E-state index in [0.717, 1.165) is 12.6 Å². The van der Waals surface area contributed by atoms with Gasteiger partial charge in [-0.2, -0.15) is 0 Å². The minimum absolute atomic E-state index is 0.712. The minimum Gasteiger partial charge on any atom is -0.307 e. The van der Waals surface area contributed by atoms with Crippen LogP contribution in [0.1, 0.15) is 30.6 Å². The standard InChI is InChI=1S/C13H19BrN2S/c14-10-5-8-17-13(10)9-15-11-4-7-16-6-2-1-3-12(11)16/h5,8,11-12,15H,1-4,6-7,9H2. The molecule has 94 valence electrons. The van der Waals surface area contributed by atoms with Gasteiger partial charge in [0.2, 0.25) is 0 Å². The topological polar surface area (TPSA) is 15.3 Å². The fourth-order valence-corrected chi connectivity index (χ4v) is 4.60. The lowest BCUT2D eigenvalue weighted by Gasteiger charge is -2.32. The second-order valence-electron chi connectivity index (χ2n) is 5.07. The van der Waals surface area contributed by atoms with Crippen LogP contribution in [0.15, 0.2) is 15.9 Å². The molecule has 0 aromatic carbocycles. The van der Waals surface area contributed by atoms with Crippen LogP contribution in [-0.4, -0.2) is 30.1 Å². The van der Waals surface area contributed by atoms with Crippen LogP contribution in [0.25, 0.3) is 0 Å². The largest absolute Gasteiger partial charge is 0.307 e. The molecule has 2 saturated heterocycles. The van der Waals surface area contributed by atoms with E-state index in [-0.39, 0.29) is 0 Å². The van der Waals surface area contributed by atoms with Crippen molar-refractivity contribution in [3.63, 3.8) is 0 Å². The first-order chi connectivity index (χ1) is 8.34. The molecule has 1 N–H and O–H groups in total. The number of halogens is 1.